The lowest BCUT2D eigenvalue weighted by Crippen LogP contribution is -2.18. The average molecular weight is 354 g/mol. The maximum atomic E-state index is 4.90. The van der Waals surface area contributed by atoms with E-state index >= 15 is 0 Å². The second-order valence-corrected chi connectivity index (χ2v) is 6.73. The number of hydrogen-bond acceptors (Lipinski definition) is 3. The van der Waals surface area contributed by atoms with Gasteiger partial charge in [-0.05, 0) is 58.6 Å². The number of benzene rings is 2. The number of nitrogens with zero attached hydrogens (tertiary/aromatic N) is 3. The van der Waals surface area contributed by atoms with Crippen LogP contribution in [0, 0.1) is 13.8 Å². The molecule has 0 bridgehead atoms. The summed E-state index contributed by atoms with van der Waals surface area (Å²) in [6.45, 7) is 5.93. The quantitative estimate of drug-likeness (QED) is 0.643. The van der Waals surface area contributed by atoms with Crippen molar-refractivity contribution in [2.45, 2.75) is 26.9 Å². The van der Waals surface area contributed by atoms with Crippen LogP contribution in [0.4, 0.5) is 5.82 Å². The molecule has 3 nitrogen and oxygen atoms in total. The fraction of sp³-hybridized carbons (Fsp3) is 0.222. The highest BCUT2D eigenvalue weighted by molar-refractivity contribution is 9.10. The van der Waals surface area contributed by atoms with Crippen molar-refractivity contribution in [1.82, 2.24) is 9.97 Å². The Balaban J connectivity index is 1.82. The molecule has 0 aliphatic carbocycles. The van der Waals surface area contributed by atoms with Crippen LogP contribution in [-0.2, 0) is 13.1 Å². The van der Waals surface area contributed by atoms with Gasteiger partial charge in [0.1, 0.15) is 5.52 Å². The first-order chi connectivity index (χ1) is 10.6. The van der Waals surface area contributed by atoms with Crippen LogP contribution in [-0.4, -0.2) is 9.97 Å². The van der Waals surface area contributed by atoms with Gasteiger partial charge in [-0.1, -0.05) is 24.3 Å². The zero-order valence-corrected chi connectivity index (χ0v) is 14.2. The Morgan fingerprint density at radius 2 is 1.68 bits per heavy atom. The van der Waals surface area contributed by atoms with Crippen LogP contribution in [0.5, 0.6) is 0 Å². The van der Waals surface area contributed by atoms with Crippen molar-refractivity contribution in [1.29, 1.82) is 0 Å². The fourth-order valence-electron chi connectivity index (χ4n) is 3.11. The summed E-state index contributed by atoms with van der Waals surface area (Å²) >= 11 is 3.62. The van der Waals surface area contributed by atoms with E-state index in [9.17, 15) is 0 Å². The van der Waals surface area contributed by atoms with Crippen molar-refractivity contribution in [3.8, 4) is 0 Å². The van der Waals surface area contributed by atoms with Crippen molar-refractivity contribution in [3.63, 3.8) is 0 Å². The van der Waals surface area contributed by atoms with E-state index in [0.29, 0.717) is 0 Å². The minimum atomic E-state index is 0.903. The highest BCUT2D eigenvalue weighted by Crippen LogP contribution is 2.31. The molecule has 22 heavy (non-hydrogen) atoms. The average Bonchev–Trinajstić information content (AvgIpc) is 2.89. The summed E-state index contributed by atoms with van der Waals surface area (Å²) in [5.41, 5.74) is 6.82. The molecule has 0 unspecified atom stereocenters. The number of anilines is 1. The van der Waals surface area contributed by atoms with Crippen molar-refractivity contribution >= 4 is 32.8 Å². The third-order valence-corrected chi connectivity index (χ3v) is 4.76. The smallest absolute Gasteiger partial charge is 0.151 e. The van der Waals surface area contributed by atoms with Crippen LogP contribution in [0.25, 0.3) is 11.0 Å². The van der Waals surface area contributed by atoms with E-state index in [1.54, 1.807) is 0 Å². The molecule has 4 rings (SSSR count). The van der Waals surface area contributed by atoms with E-state index in [-0.39, 0.29) is 0 Å². The topological polar surface area (TPSA) is 29.0 Å². The normalized spacial score (nSPS) is 13.7. The van der Waals surface area contributed by atoms with Crippen LogP contribution in [0.3, 0.4) is 0 Å². The van der Waals surface area contributed by atoms with Crippen molar-refractivity contribution in [2.24, 2.45) is 0 Å². The molecule has 1 aliphatic heterocycles. The molecule has 0 spiro atoms. The highest BCUT2D eigenvalue weighted by atomic mass is 79.9. The number of aromatic nitrogens is 2. The first-order valence-electron chi connectivity index (χ1n) is 7.38. The predicted octanol–water partition coefficient (Wildman–Crippen LogP) is 4.53. The van der Waals surface area contributed by atoms with Gasteiger partial charge in [-0.3, -0.25) is 0 Å². The lowest BCUT2D eigenvalue weighted by Gasteiger charge is -2.19. The summed E-state index contributed by atoms with van der Waals surface area (Å²) < 4.78 is 1.01. The van der Waals surface area contributed by atoms with Crippen molar-refractivity contribution < 1.29 is 0 Å². The number of rotatable bonds is 1. The van der Waals surface area contributed by atoms with Crippen LogP contribution in [0.15, 0.2) is 40.9 Å². The first kappa shape index (κ1) is 13.7. The van der Waals surface area contributed by atoms with Crippen molar-refractivity contribution in [2.75, 3.05) is 4.90 Å². The summed E-state index contributed by atoms with van der Waals surface area (Å²) in [6.07, 6.45) is 0. The van der Waals surface area contributed by atoms with Gasteiger partial charge in [0.25, 0.3) is 0 Å². The lowest BCUT2D eigenvalue weighted by molar-refractivity contribution is 0.847. The second-order valence-electron chi connectivity index (χ2n) is 5.87. The Morgan fingerprint density at radius 1 is 1.00 bits per heavy atom. The minimum Gasteiger partial charge on any atom is -0.346 e. The molecule has 1 aromatic heterocycles. The lowest BCUT2D eigenvalue weighted by atomic mass is 10.1. The van der Waals surface area contributed by atoms with Crippen LogP contribution in [0.1, 0.15) is 22.4 Å². The van der Waals surface area contributed by atoms with E-state index in [0.717, 1.165) is 40.1 Å². The van der Waals surface area contributed by atoms with Gasteiger partial charge in [0.05, 0.1) is 11.2 Å². The Morgan fingerprint density at radius 3 is 2.36 bits per heavy atom. The molecule has 0 atom stereocenters. The first-order valence-corrected chi connectivity index (χ1v) is 8.17. The molecule has 2 aromatic carbocycles. The minimum absolute atomic E-state index is 0.903. The Kier molecular flexibility index (Phi) is 3.15. The Hall–Kier alpha value is -1.94. The summed E-state index contributed by atoms with van der Waals surface area (Å²) in [4.78, 5) is 12.0. The van der Waals surface area contributed by atoms with E-state index in [1.807, 2.05) is 6.92 Å². The van der Waals surface area contributed by atoms with E-state index < -0.39 is 0 Å². The molecule has 110 valence electrons. The molecule has 4 heteroatoms. The largest absolute Gasteiger partial charge is 0.346 e. The predicted molar refractivity (Wildman–Crippen MR) is 93.0 cm³/mol. The van der Waals surface area contributed by atoms with Gasteiger partial charge in [-0.25, -0.2) is 9.97 Å². The molecule has 3 aromatic rings. The van der Waals surface area contributed by atoms with E-state index in [2.05, 4.69) is 64.2 Å². The van der Waals surface area contributed by atoms with E-state index in [4.69, 9.17) is 9.97 Å². The monoisotopic (exact) mass is 353 g/mol. The number of fused-ring (bicyclic) bond motifs is 2. The van der Waals surface area contributed by atoms with Gasteiger partial charge in [-0.15, -0.1) is 0 Å². The summed E-state index contributed by atoms with van der Waals surface area (Å²) in [7, 11) is 0. The molecule has 0 saturated heterocycles. The van der Waals surface area contributed by atoms with Gasteiger partial charge in [0.15, 0.2) is 5.82 Å². The zero-order chi connectivity index (χ0) is 15.3. The molecule has 0 N–H and O–H groups in total. The molecule has 0 amide bonds. The maximum absolute atomic E-state index is 4.90. The second kappa shape index (κ2) is 5.06. The Bertz CT molecular complexity index is 864. The number of halogens is 1. The number of hydrogen-bond donors (Lipinski definition) is 0. The summed E-state index contributed by atoms with van der Waals surface area (Å²) in [5.74, 6) is 0.980. The highest BCUT2D eigenvalue weighted by Gasteiger charge is 2.22. The fourth-order valence-corrected chi connectivity index (χ4v) is 3.76. The summed E-state index contributed by atoms with van der Waals surface area (Å²) in [5, 5.41) is 0. The third-order valence-electron chi connectivity index (χ3n) is 4.16. The standard InChI is InChI=1S/C18H16BrN3/c1-11-7-15(19)17-16(8-11)20-12(2)18(21-17)22-9-13-5-3-4-6-14(13)10-22/h3-8H,9-10H2,1-2H3. The molecule has 0 saturated carbocycles. The van der Waals surface area contributed by atoms with Gasteiger partial charge in [0, 0.05) is 17.6 Å². The molecule has 2 heterocycles. The van der Waals surface area contributed by atoms with Crippen LogP contribution >= 0.6 is 15.9 Å². The van der Waals surface area contributed by atoms with Gasteiger partial charge >= 0.3 is 0 Å². The molecular formula is C18H16BrN3. The molecule has 0 radical (unpaired) electrons. The SMILES string of the molecule is Cc1cc(Br)c2nc(N3Cc4ccccc4C3)c(C)nc2c1. The molecule has 0 fully saturated rings. The van der Waals surface area contributed by atoms with Crippen molar-refractivity contribution in [3.05, 3.63) is 63.3 Å². The molecular weight excluding hydrogens is 338 g/mol. The maximum Gasteiger partial charge on any atom is 0.151 e. The Labute approximate surface area is 138 Å². The molecule has 1 aliphatic rings. The number of aryl methyl sites for hydroxylation is 2. The van der Waals surface area contributed by atoms with Crippen LogP contribution in [0.2, 0.25) is 0 Å². The van der Waals surface area contributed by atoms with Crippen LogP contribution < -0.4 is 4.90 Å². The van der Waals surface area contributed by atoms with E-state index in [1.165, 1.54) is 16.7 Å². The summed E-state index contributed by atoms with van der Waals surface area (Å²) in [6, 6.07) is 12.8. The third kappa shape index (κ3) is 2.18. The van der Waals surface area contributed by atoms with Gasteiger partial charge < -0.3 is 4.90 Å². The zero-order valence-electron chi connectivity index (χ0n) is 12.6. The van der Waals surface area contributed by atoms with Gasteiger partial charge in [0.2, 0.25) is 0 Å². The van der Waals surface area contributed by atoms with Gasteiger partial charge in [-0.2, -0.15) is 0 Å².